The summed E-state index contributed by atoms with van der Waals surface area (Å²) in [6.07, 6.45) is 0. The van der Waals surface area contributed by atoms with Crippen LogP contribution in [0, 0.1) is 6.92 Å². The number of rotatable bonds is 3. The molecule has 0 aromatic carbocycles. The van der Waals surface area contributed by atoms with Crippen molar-refractivity contribution in [1.29, 1.82) is 0 Å². The van der Waals surface area contributed by atoms with Crippen molar-refractivity contribution < 1.29 is 9.59 Å². The summed E-state index contributed by atoms with van der Waals surface area (Å²) in [4.78, 5) is 27.7. The fourth-order valence-electron chi connectivity index (χ4n) is 0.975. The molecule has 0 fully saturated rings. The lowest BCUT2D eigenvalue weighted by molar-refractivity contribution is -0.121. The normalized spacial score (nSPS) is 9.80. The van der Waals surface area contributed by atoms with Gasteiger partial charge in [0.1, 0.15) is 5.82 Å². The molecule has 0 saturated carbocycles. The Kier molecular flexibility index (Phi) is 3.37. The minimum Gasteiger partial charge on any atom is -0.358 e. The molecule has 0 bridgehead atoms. The number of aromatic amines is 1. The summed E-state index contributed by atoms with van der Waals surface area (Å²) in [5, 5.41) is 8.70. The van der Waals surface area contributed by atoms with Crippen molar-refractivity contribution in [3.63, 3.8) is 0 Å². The topological polar surface area (TPSA) is 91.0 Å². The van der Waals surface area contributed by atoms with E-state index in [1.807, 2.05) is 0 Å². The third kappa shape index (κ3) is 2.76. The molecule has 1 rings (SSSR count). The lowest BCUT2D eigenvalue weighted by atomic mass is 10.4. The number of aryl methyl sites for hydroxylation is 1. The maximum atomic E-state index is 11.6. The SMILES string of the molecule is CNC(=O)CN(C)C(=O)c1n[nH]c(C)n1. The van der Waals surface area contributed by atoms with Crippen molar-refractivity contribution in [2.45, 2.75) is 6.92 Å². The highest BCUT2D eigenvalue weighted by molar-refractivity contribution is 5.93. The fourth-order valence-corrected chi connectivity index (χ4v) is 0.975. The Morgan fingerprint density at radius 1 is 1.53 bits per heavy atom. The van der Waals surface area contributed by atoms with E-state index in [0.29, 0.717) is 5.82 Å². The molecule has 7 nitrogen and oxygen atoms in total. The van der Waals surface area contributed by atoms with E-state index in [9.17, 15) is 9.59 Å². The van der Waals surface area contributed by atoms with Gasteiger partial charge in [-0.1, -0.05) is 0 Å². The van der Waals surface area contributed by atoms with Gasteiger partial charge < -0.3 is 10.2 Å². The van der Waals surface area contributed by atoms with E-state index in [1.165, 1.54) is 19.0 Å². The largest absolute Gasteiger partial charge is 0.358 e. The van der Waals surface area contributed by atoms with Gasteiger partial charge in [-0.05, 0) is 6.92 Å². The van der Waals surface area contributed by atoms with Crippen molar-refractivity contribution in [3.8, 4) is 0 Å². The average molecular weight is 211 g/mol. The number of likely N-dealkylation sites (N-methyl/N-ethyl adjacent to an activating group) is 2. The van der Waals surface area contributed by atoms with E-state index in [1.54, 1.807) is 6.92 Å². The molecule has 1 aromatic heterocycles. The van der Waals surface area contributed by atoms with Crippen molar-refractivity contribution in [1.82, 2.24) is 25.4 Å². The number of amides is 2. The van der Waals surface area contributed by atoms with E-state index in [0.717, 1.165) is 0 Å². The van der Waals surface area contributed by atoms with Crippen LogP contribution in [0.3, 0.4) is 0 Å². The quantitative estimate of drug-likeness (QED) is 0.666. The number of H-pyrrole nitrogens is 1. The summed E-state index contributed by atoms with van der Waals surface area (Å²) < 4.78 is 0. The Morgan fingerprint density at radius 2 is 2.20 bits per heavy atom. The second-order valence-electron chi connectivity index (χ2n) is 3.08. The minimum atomic E-state index is -0.386. The summed E-state index contributed by atoms with van der Waals surface area (Å²) >= 11 is 0. The highest BCUT2D eigenvalue weighted by atomic mass is 16.2. The zero-order chi connectivity index (χ0) is 11.4. The van der Waals surface area contributed by atoms with Gasteiger partial charge in [0.15, 0.2) is 0 Å². The van der Waals surface area contributed by atoms with E-state index >= 15 is 0 Å². The smallest absolute Gasteiger partial charge is 0.293 e. The van der Waals surface area contributed by atoms with Crippen LogP contribution in [0.25, 0.3) is 0 Å². The predicted octanol–water partition coefficient (Wildman–Crippen LogP) is -1.07. The number of aromatic nitrogens is 3. The monoisotopic (exact) mass is 211 g/mol. The molecule has 0 aliphatic carbocycles. The molecule has 7 heteroatoms. The fraction of sp³-hybridized carbons (Fsp3) is 0.500. The zero-order valence-corrected chi connectivity index (χ0v) is 8.87. The van der Waals surface area contributed by atoms with E-state index < -0.39 is 0 Å². The first-order valence-corrected chi connectivity index (χ1v) is 4.39. The molecular weight excluding hydrogens is 198 g/mol. The van der Waals surface area contributed by atoms with E-state index in [-0.39, 0.29) is 24.2 Å². The highest BCUT2D eigenvalue weighted by Crippen LogP contribution is 1.96. The van der Waals surface area contributed by atoms with Crippen molar-refractivity contribution in [2.75, 3.05) is 20.6 Å². The molecule has 0 aliphatic rings. The van der Waals surface area contributed by atoms with Crippen LogP contribution < -0.4 is 5.32 Å². The van der Waals surface area contributed by atoms with Gasteiger partial charge in [-0.15, -0.1) is 5.10 Å². The molecule has 82 valence electrons. The first kappa shape index (κ1) is 11.2. The standard InChI is InChI=1S/C8H13N5O2/c1-5-10-7(12-11-5)8(15)13(3)4-6(14)9-2/h4H2,1-3H3,(H,9,14)(H,10,11,12). The lowest BCUT2D eigenvalue weighted by Gasteiger charge is -2.13. The van der Waals surface area contributed by atoms with Crippen LogP contribution in [0.5, 0.6) is 0 Å². The van der Waals surface area contributed by atoms with Crippen LogP contribution in [-0.2, 0) is 4.79 Å². The highest BCUT2D eigenvalue weighted by Gasteiger charge is 2.17. The molecule has 0 spiro atoms. The molecule has 0 unspecified atom stereocenters. The Bertz CT molecular complexity index is 373. The first-order valence-electron chi connectivity index (χ1n) is 4.39. The number of nitrogens with zero attached hydrogens (tertiary/aromatic N) is 3. The van der Waals surface area contributed by atoms with Crippen LogP contribution >= 0.6 is 0 Å². The average Bonchev–Trinajstić information content (AvgIpc) is 2.63. The van der Waals surface area contributed by atoms with Crippen LogP contribution in [0.1, 0.15) is 16.4 Å². The maximum Gasteiger partial charge on any atom is 0.293 e. The Labute approximate surface area is 86.9 Å². The molecule has 0 aliphatic heterocycles. The van der Waals surface area contributed by atoms with Gasteiger partial charge in [-0.25, -0.2) is 4.98 Å². The van der Waals surface area contributed by atoms with Gasteiger partial charge in [0.05, 0.1) is 6.54 Å². The first-order chi connectivity index (χ1) is 7.04. The van der Waals surface area contributed by atoms with Crippen LogP contribution in [0.4, 0.5) is 0 Å². The summed E-state index contributed by atoms with van der Waals surface area (Å²) in [5.41, 5.74) is 0. The van der Waals surface area contributed by atoms with E-state index in [2.05, 4.69) is 20.5 Å². The number of carbonyl (C=O) groups is 2. The molecule has 0 saturated heterocycles. The molecule has 1 heterocycles. The van der Waals surface area contributed by atoms with Crippen molar-refractivity contribution in [2.24, 2.45) is 0 Å². The lowest BCUT2D eigenvalue weighted by Crippen LogP contribution is -2.37. The molecule has 1 aromatic rings. The molecule has 2 N–H and O–H groups in total. The molecule has 2 amide bonds. The Hall–Kier alpha value is -1.92. The predicted molar refractivity (Wildman–Crippen MR) is 52.1 cm³/mol. The third-order valence-electron chi connectivity index (χ3n) is 1.79. The Morgan fingerprint density at radius 3 is 2.67 bits per heavy atom. The number of nitrogens with one attached hydrogen (secondary N) is 2. The van der Waals surface area contributed by atoms with Crippen molar-refractivity contribution >= 4 is 11.8 Å². The van der Waals surface area contributed by atoms with E-state index in [4.69, 9.17) is 0 Å². The summed E-state index contributed by atoms with van der Waals surface area (Å²) in [5.74, 6) is 0.00616. The van der Waals surface area contributed by atoms with Gasteiger partial charge in [-0.3, -0.25) is 14.7 Å². The molecule has 0 atom stereocenters. The minimum absolute atomic E-state index is 0.0110. The summed E-state index contributed by atoms with van der Waals surface area (Å²) in [7, 11) is 3.03. The molecular formula is C8H13N5O2. The van der Waals surface area contributed by atoms with Crippen LogP contribution in [0.2, 0.25) is 0 Å². The van der Waals surface area contributed by atoms with Crippen LogP contribution in [-0.4, -0.2) is 52.5 Å². The summed E-state index contributed by atoms with van der Waals surface area (Å²) in [6, 6.07) is 0. The second-order valence-corrected chi connectivity index (χ2v) is 3.08. The van der Waals surface area contributed by atoms with Gasteiger partial charge in [0.2, 0.25) is 11.7 Å². The van der Waals surface area contributed by atoms with Gasteiger partial charge in [0.25, 0.3) is 5.91 Å². The third-order valence-corrected chi connectivity index (χ3v) is 1.79. The molecule has 0 radical (unpaired) electrons. The van der Waals surface area contributed by atoms with Crippen molar-refractivity contribution in [3.05, 3.63) is 11.6 Å². The van der Waals surface area contributed by atoms with Gasteiger partial charge >= 0.3 is 0 Å². The summed E-state index contributed by atoms with van der Waals surface area (Å²) in [6.45, 7) is 1.69. The Balaban J connectivity index is 2.64. The number of carbonyl (C=O) groups excluding carboxylic acids is 2. The number of hydrogen-bond donors (Lipinski definition) is 2. The molecule has 15 heavy (non-hydrogen) atoms. The maximum absolute atomic E-state index is 11.6. The van der Waals surface area contributed by atoms with Gasteiger partial charge in [0, 0.05) is 14.1 Å². The second kappa shape index (κ2) is 4.54. The van der Waals surface area contributed by atoms with Crippen LogP contribution in [0.15, 0.2) is 0 Å². The number of hydrogen-bond acceptors (Lipinski definition) is 4. The van der Waals surface area contributed by atoms with Gasteiger partial charge in [-0.2, -0.15) is 0 Å². The zero-order valence-electron chi connectivity index (χ0n) is 8.87.